The summed E-state index contributed by atoms with van der Waals surface area (Å²) in [5, 5.41) is 1.55. The normalized spacial score (nSPS) is 18.3. The molecule has 1 aliphatic rings. The van der Waals surface area contributed by atoms with Crippen molar-refractivity contribution in [2.45, 2.75) is 27.0 Å². The third-order valence-electron chi connectivity index (χ3n) is 4.67. The molecular formula is C22H27N3O2. The minimum Gasteiger partial charge on any atom is -0.372 e. The Kier molecular flexibility index (Phi) is 6.27. The van der Waals surface area contributed by atoms with Gasteiger partial charge in [-0.1, -0.05) is 30.3 Å². The fourth-order valence-corrected chi connectivity index (χ4v) is 3.24. The van der Waals surface area contributed by atoms with Crippen molar-refractivity contribution in [2.24, 2.45) is 0 Å². The maximum Gasteiger partial charge on any atom is 0.272 e. The molecular weight excluding hydrogens is 338 g/mol. The second-order valence-corrected chi connectivity index (χ2v) is 6.30. The van der Waals surface area contributed by atoms with E-state index in [1.54, 1.807) is 5.01 Å². The quantitative estimate of drug-likeness (QED) is 0.758. The van der Waals surface area contributed by atoms with Crippen molar-refractivity contribution in [1.29, 1.82) is 0 Å². The molecule has 1 aliphatic heterocycles. The van der Waals surface area contributed by atoms with Crippen molar-refractivity contribution in [1.82, 2.24) is 5.43 Å². The lowest BCUT2D eigenvalue weighted by Gasteiger charge is -2.20. The SMILES string of the molecule is CCOC1NN(c2ccccc2)C(=O)C1=Cc1ccc(N(CC)CC)cc1. The lowest BCUT2D eigenvalue weighted by Crippen LogP contribution is -2.38. The number of hydrazine groups is 1. The Morgan fingerprint density at radius 2 is 1.70 bits per heavy atom. The number of para-hydroxylation sites is 1. The molecule has 0 aromatic heterocycles. The van der Waals surface area contributed by atoms with Gasteiger partial charge in [-0.25, -0.2) is 5.01 Å². The van der Waals surface area contributed by atoms with Crippen LogP contribution >= 0.6 is 0 Å². The second kappa shape index (κ2) is 8.84. The molecule has 0 aliphatic carbocycles. The van der Waals surface area contributed by atoms with Gasteiger partial charge in [0.2, 0.25) is 0 Å². The molecule has 0 spiro atoms. The standard InChI is InChI=1S/C22H27N3O2/c1-4-24(5-2)18-14-12-17(13-15-18)16-20-21(27-6-3)23-25(22(20)26)19-10-8-7-9-11-19/h7-16,21,23H,4-6H2,1-3H3. The van der Waals surface area contributed by atoms with Gasteiger partial charge in [0.05, 0.1) is 11.3 Å². The van der Waals surface area contributed by atoms with Crippen molar-refractivity contribution < 1.29 is 9.53 Å². The summed E-state index contributed by atoms with van der Waals surface area (Å²) in [5.74, 6) is -0.0903. The Labute approximate surface area is 161 Å². The van der Waals surface area contributed by atoms with Gasteiger partial charge in [0.15, 0.2) is 6.23 Å². The Hall–Kier alpha value is -2.63. The molecule has 0 radical (unpaired) electrons. The van der Waals surface area contributed by atoms with Gasteiger partial charge in [-0.15, -0.1) is 0 Å². The van der Waals surface area contributed by atoms with Crippen LogP contribution in [0.25, 0.3) is 6.08 Å². The Morgan fingerprint density at radius 1 is 1.04 bits per heavy atom. The van der Waals surface area contributed by atoms with Crippen molar-refractivity contribution in [3.05, 3.63) is 65.7 Å². The van der Waals surface area contributed by atoms with Gasteiger partial charge in [-0.05, 0) is 56.7 Å². The van der Waals surface area contributed by atoms with Crippen LogP contribution < -0.4 is 15.3 Å². The van der Waals surface area contributed by atoms with E-state index in [1.807, 2.05) is 55.5 Å². The Bertz CT molecular complexity index is 783. The summed E-state index contributed by atoms with van der Waals surface area (Å²) in [4.78, 5) is 15.3. The lowest BCUT2D eigenvalue weighted by atomic mass is 10.1. The van der Waals surface area contributed by atoms with Gasteiger partial charge in [-0.3, -0.25) is 4.79 Å². The van der Waals surface area contributed by atoms with E-state index < -0.39 is 6.23 Å². The van der Waals surface area contributed by atoms with Crippen LogP contribution in [0.2, 0.25) is 0 Å². The molecule has 1 fully saturated rings. The highest BCUT2D eigenvalue weighted by atomic mass is 16.5. The predicted octanol–water partition coefficient (Wildman–Crippen LogP) is 3.83. The van der Waals surface area contributed by atoms with Gasteiger partial charge in [0, 0.05) is 25.4 Å². The molecule has 1 saturated heterocycles. The van der Waals surface area contributed by atoms with E-state index in [4.69, 9.17) is 4.74 Å². The number of carbonyl (C=O) groups is 1. The van der Waals surface area contributed by atoms with E-state index in [0.717, 1.165) is 24.3 Å². The van der Waals surface area contributed by atoms with Gasteiger partial charge >= 0.3 is 0 Å². The van der Waals surface area contributed by atoms with E-state index in [0.29, 0.717) is 12.2 Å². The first-order valence-corrected chi connectivity index (χ1v) is 9.51. The first kappa shape index (κ1) is 19.1. The molecule has 1 unspecified atom stereocenters. The first-order valence-electron chi connectivity index (χ1n) is 9.51. The largest absolute Gasteiger partial charge is 0.372 e. The van der Waals surface area contributed by atoms with E-state index >= 15 is 0 Å². The van der Waals surface area contributed by atoms with Crippen molar-refractivity contribution in [2.75, 3.05) is 29.6 Å². The van der Waals surface area contributed by atoms with E-state index in [2.05, 4.69) is 36.3 Å². The van der Waals surface area contributed by atoms with Gasteiger partial charge in [0.25, 0.3) is 5.91 Å². The lowest BCUT2D eigenvalue weighted by molar-refractivity contribution is -0.114. The molecule has 2 aromatic rings. The van der Waals surface area contributed by atoms with Crippen LogP contribution in [0, 0.1) is 0 Å². The minimum absolute atomic E-state index is 0.0903. The zero-order chi connectivity index (χ0) is 19.2. The fraction of sp³-hybridized carbons (Fsp3) is 0.318. The molecule has 1 heterocycles. The summed E-state index contributed by atoms with van der Waals surface area (Å²) < 4.78 is 5.76. The van der Waals surface area contributed by atoms with Crippen molar-refractivity contribution >= 4 is 23.4 Å². The molecule has 1 atom stereocenters. The van der Waals surface area contributed by atoms with Gasteiger partial charge in [-0.2, -0.15) is 5.43 Å². The summed E-state index contributed by atoms with van der Waals surface area (Å²) in [6.07, 6.45) is 1.45. The fourth-order valence-electron chi connectivity index (χ4n) is 3.24. The minimum atomic E-state index is -0.454. The summed E-state index contributed by atoms with van der Waals surface area (Å²) >= 11 is 0. The number of nitrogens with one attached hydrogen (secondary N) is 1. The number of rotatable bonds is 7. The molecule has 5 nitrogen and oxygen atoms in total. The third kappa shape index (κ3) is 4.21. The first-order chi connectivity index (χ1) is 13.2. The van der Waals surface area contributed by atoms with Gasteiger partial charge in [0.1, 0.15) is 0 Å². The highest BCUT2D eigenvalue weighted by Crippen LogP contribution is 2.25. The summed E-state index contributed by atoms with van der Waals surface area (Å²) in [6.45, 7) is 8.68. The van der Waals surface area contributed by atoms with Crippen LogP contribution in [0.15, 0.2) is 60.2 Å². The summed E-state index contributed by atoms with van der Waals surface area (Å²) in [6, 6.07) is 17.8. The molecule has 0 bridgehead atoms. The van der Waals surface area contributed by atoms with Crippen molar-refractivity contribution in [3.8, 4) is 0 Å². The van der Waals surface area contributed by atoms with E-state index in [-0.39, 0.29) is 5.91 Å². The zero-order valence-electron chi connectivity index (χ0n) is 16.2. The average Bonchev–Trinajstić information content (AvgIpc) is 3.01. The number of benzene rings is 2. The van der Waals surface area contributed by atoms with Crippen LogP contribution in [0.5, 0.6) is 0 Å². The molecule has 5 heteroatoms. The van der Waals surface area contributed by atoms with E-state index in [1.165, 1.54) is 5.69 Å². The van der Waals surface area contributed by atoms with Crippen molar-refractivity contribution in [3.63, 3.8) is 0 Å². The maximum absolute atomic E-state index is 13.0. The second-order valence-electron chi connectivity index (χ2n) is 6.30. The highest BCUT2D eigenvalue weighted by molar-refractivity contribution is 6.10. The maximum atomic E-state index is 13.0. The number of nitrogens with zero attached hydrogens (tertiary/aromatic N) is 2. The van der Waals surface area contributed by atoms with Crippen LogP contribution in [0.4, 0.5) is 11.4 Å². The van der Waals surface area contributed by atoms with Crippen LogP contribution in [-0.4, -0.2) is 31.8 Å². The zero-order valence-corrected chi connectivity index (χ0v) is 16.2. The topological polar surface area (TPSA) is 44.8 Å². The predicted molar refractivity (Wildman–Crippen MR) is 110 cm³/mol. The number of ether oxygens (including phenoxy) is 1. The average molecular weight is 365 g/mol. The number of hydrogen-bond donors (Lipinski definition) is 1. The molecule has 142 valence electrons. The summed E-state index contributed by atoms with van der Waals surface area (Å²) in [7, 11) is 0. The Balaban J connectivity index is 1.87. The third-order valence-corrected chi connectivity index (χ3v) is 4.67. The smallest absolute Gasteiger partial charge is 0.272 e. The molecule has 2 aromatic carbocycles. The van der Waals surface area contributed by atoms with Gasteiger partial charge < -0.3 is 9.64 Å². The number of carbonyl (C=O) groups excluding carboxylic acids is 1. The summed E-state index contributed by atoms with van der Waals surface area (Å²) in [5.41, 5.74) is 6.74. The molecule has 27 heavy (non-hydrogen) atoms. The molecule has 1 N–H and O–H groups in total. The molecule has 3 rings (SSSR count). The number of amides is 1. The Morgan fingerprint density at radius 3 is 2.30 bits per heavy atom. The number of anilines is 2. The van der Waals surface area contributed by atoms with Crippen LogP contribution in [0.3, 0.4) is 0 Å². The van der Waals surface area contributed by atoms with Crippen LogP contribution in [-0.2, 0) is 9.53 Å². The molecule has 1 amide bonds. The number of hydrogen-bond acceptors (Lipinski definition) is 4. The highest BCUT2D eigenvalue weighted by Gasteiger charge is 2.36. The monoisotopic (exact) mass is 365 g/mol. The molecule has 0 saturated carbocycles. The van der Waals surface area contributed by atoms with Crippen LogP contribution in [0.1, 0.15) is 26.3 Å². The van der Waals surface area contributed by atoms with E-state index in [9.17, 15) is 4.79 Å².